The summed E-state index contributed by atoms with van der Waals surface area (Å²) in [5.41, 5.74) is 11.0. The molecule has 0 atom stereocenters. The zero-order valence-corrected chi connectivity index (χ0v) is 11.9. The summed E-state index contributed by atoms with van der Waals surface area (Å²) in [5, 5.41) is 0. The van der Waals surface area contributed by atoms with Crippen molar-refractivity contribution in [3.63, 3.8) is 0 Å². The van der Waals surface area contributed by atoms with Gasteiger partial charge in [-0.15, -0.1) is 0 Å². The molecule has 0 radical (unpaired) electrons. The predicted octanol–water partition coefficient (Wildman–Crippen LogP) is -0.522. The van der Waals surface area contributed by atoms with Crippen LogP contribution in [0.5, 0.6) is 0 Å². The average molecular weight is 213 g/mol. The molecule has 4 nitrogen and oxygen atoms in total. The van der Waals surface area contributed by atoms with Crippen molar-refractivity contribution in [2.45, 2.75) is 39.3 Å². The van der Waals surface area contributed by atoms with Gasteiger partial charge in [-0.1, -0.05) is 39.3 Å². The standard InChI is InChI=1S/C6H19NSi2.Li.H2N3.H/c1-8(2,3)7-9(4,5)6;;1-3-2;/h7H,1-6H3;;1-2H;/q;2*+1;-1. The molecule has 7 heteroatoms. The van der Waals surface area contributed by atoms with Gasteiger partial charge in [-0.3, -0.25) is 0 Å². The summed E-state index contributed by atoms with van der Waals surface area (Å²) in [6.07, 6.45) is 0. The van der Waals surface area contributed by atoms with Gasteiger partial charge in [-0.05, 0) is 0 Å². The van der Waals surface area contributed by atoms with Crippen molar-refractivity contribution in [2.24, 2.45) is 0 Å². The molecule has 0 amide bonds. The van der Waals surface area contributed by atoms with Crippen LogP contribution in [0.1, 0.15) is 1.43 Å². The minimum Gasteiger partial charge on any atom is -1.00 e. The molecular weight excluding hydrogens is 191 g/mol. The molecule has 3 N–H and O–H groups in total. The van der Waals surface area contributed by atoms with E-state index < -0.39 is 16.5 Å². The summed E-state index contributed by atoms with van der Waals surface area (Å²) < 4.78 is 3.74. The van der Waals surface area contributed by atoms with Gasteiger partial charge < -0.3 is 6.07 Å². The summed E-state index contributed by atoms with van der Waals surface area (Å²) in [6, 6.07) is 0. The summed E-state index contributed by atoms with van der Waals surface area (Å²) >= 11 is 0. The Hall–Kier alpha value is 0.301. The van der Waals surface area contributed by atoms with Crippen LogP contribution in [0.15, 0.2) is 0 Å². The molecule has 0 aromatic rings. The molecule has 0 rings (SSSR count). The monoisotopic (exact) mass is 213 g/mol. The summed E-state index contributed by atoms with van der Waals surface area (Å²) in [7, 11) is -1.96. The van der Waals surface area contributed by atoms with E-state index >= 15 is 0 Å². The zero-order chi connectivity index (χ0) is 10.4. The fourth-order valence-electron chi connectivity index (χ4n) is 1.12. The Labute approximate surface area is 96.7 Å². The van der Waals surface area contributed by atoms with Gasteiger partial charge in [-0.25, -0.2) is 0 Å². The van der Waals surface area contributed by atoms with Crippen LogP contribution in [-0.4, -0.2) is 16.5 Å². The van der Waals surface area contributed by atoms with Crippen molar-refractivity contribution >= 4 is 16.5 Å². The molecule has 0 spiro atoms. The van der Waals surface area contributed by atoms with Crippen molar-refractivity contribution in [3.05, 3.63) is 0 Å². The fraction of sp³-hybridized carbons (Fsp3) is 1.00. The van der Waals surface area contributed by atoms with Gasteiger partial charge >= 0.3 is 18.9 Å². The van der Waals surface area contributed by atoms with E-state index in [-0.39, 0.29) is 20.3 Å². The van der Waals surface area contributed by atoms with E-state index in [4.69, 9.17) is 11.1 Å². The topological polar surface area (TPSA) is 73.8 Å². The second-order valence-corrected chi connectivity index (χ2v) is 14.7. The molecule has 0 unspecified atom stereocenters. The summed E-state index contributed by atoms with van der Waals surface area (Å²) in [4.78, 5) is 2.00. The van der Waals surface area contributed by atoms with Crippen molar-refractivity contribution in [2.75, 3.05) is 0 Å². The van der Waals surface area contributed by atoms with Gasteiger partial charge in [0.15, 0.2) is 0 Å². The summed E-state index contributed by atoms with van der Waals surface area (Å²) in [5.74, 6) is 0. The van der Waals surface area contributed by atoms with Crippen LogP contribution >= 0.6 is 0 Å². The Morgan fingerprint density at radius 2 is 1.08 bits per heavy atom. The van der Waals surface area contributed by atoms with E-state index in [1.807, 2.05) is 4.91 Å². The largest absolute Gasteiger partial charge is 1.00 e. The molecule has 0 aliphatic heterocycles. The predicted molar refractivity (Wildman–Crippen MR) is 58.5 cm³/mol. The number of nitrogens with zero attached hydrogens (tertiary/aromatic N) is 1. The Bertz CT molecular complexity index is 148. The van der Waals surface area contributed by atoms with Crippen molar-refractivity contribution in [1.82, 2.24) is 9.56 Å². The maximum atomic E-state index is 5.50. The number of hydrogen-bond donors (Lipinski definition) is 3. The van der Waals surface area contributed by atoms with Crippen molar-refractivity contribution in [3.8, 4) is 0 Å². The van der Waals surface area contributed by atoms with Crippen LogP contribution in [-0.2, 0) is 0 Å². The van der Waals surface area contributed by atoms with Gasteiger partial charge in [0.1, 0.15) is 27.5 Å². The molecule has 0 aromatic carbocycles. The third-order valence-electron chi connectivity index (χ3n) is 0.750. The van der Waals surface area contributed by atoms with E-state index in [1.54, 1.807) is 0 Å². The molecule has 0 aliphatic carbocycles. The van der Waals surface area contributed by atoms with Gasteiger partial charge in [0.05, 0.1) is 0 Å². The van der Waals surface area contributed by atoms with Crippen LogP contribution in [0, 0.1) is 11.1 Å². The molecule has 13 heavy (non-hydrogen) atoms. The van der Waals surface area contributed by atoms with Crippen molar-refractivity contribution < 1.29 is 20.3 Å². The number of rotatable bonds is 2. The maximum Gasteiger partial charge on any atom is 1.00 e. The SMILES string of the molecule is C[Si](C)(C)N[Si](C)(C)C.N=[N+]=N.[H-].[Li+]. The molecular formula is C6H22LiN4Si2+. The van der Waals surface area contributed by atoms with Crippen LogP contribution in [0.2, 0.25) is 39.3 Å². The number of hydrogen-bond acceptors (Lipinski definition) is 3. The molecule has 0 bridgehead atoms. The minimum atomic E-state index is -0.981. The van der Waals surface area contributed by atoms with E-state index in [2.05, 4.69) is 43.9 Å². The first-order chi connectivity index (χ1) is 5.12. The van der Waals surface area contributed by atoms with Gasteiger partial charge in [0.2, 0.25) is 4.91 Å². The first kappa shape index (κ1) is 19.0. The Morgan fingerprint density at radius 1 is 0.923 bits per heavy atom. The van der Waals surface area contributed by atoms with E-state index in [0.29, 0.717) is 0 Å². The van der Waals surface area contributed by atoms with Gasteiger partial charge in [0.25, 0.3) is 0 Å². The molecule has 0 saturated carbocycles. The van der Waals surface area contributed by atoms with Crippen LogP contribution in [0.4, 0.5) is 0 Å². The third-order valence-corrected chi connectivity index (χ3v) is 6.75. The molecule has 0 heterocycles. The third kappa shape index (κ3) is 32.9. The van der Waals surface area contributed by atoms with Crippen molar-refractivity contribution in [1.29, 1.82) is 11.1 Å². The normalized spacial score (nSPS) is 10.3. The number of nitrogens with one attached hydrogen (secondary N) is 3. The van der Waals surface area contributed by atoms with Gasteiger partial charge in [-0.2, -0.15) is 0 Å². The minimum absolute atomic E-state index is 0. The molecule has 74 valence electrons. The van der Waals surface area contributed by atoms with Crippen LogP contribution < -0.4 is 28.4 Å². The molecule has 0 aromatic heterocycles. The first-order valence-electron chi connectivity index (χ1n) is 3.95. The molecule has 0 aliphatic rings. The van der Waals surface area contributed by atoms with Gasteiger partial charge in [0, 0.05) is 0 Å². The average Bonchev–Trinajstić information content (AvgIpc) is 1.53. The smallest absolute Gasteiger partial charge is 1.00 e. The van der Waals surface area contributed by atoms with E-state index in [9.17, 15) is 0 Å². The van der Waals surface area contributed by atoms with E-state index in [1.165, 1.54) is 0 Å². The van der Waals surface area contributed by atoms with Crippen LogP contribution in [0.25, 0.3) is 0 Å². The molecule has 0 fully saturated rings. The fourth-order valence-corrected chi connectivity index (χ4v) is 10.1. The Kier molecular flexibility index (Phi) is 11.2. The molecule has 0 saturated heterocycles. The maximum absolute atomic E-state index is 5.50. The summed E-state index contributed by atoms with van der Waals surface area (Å²) in [6.45, 7) is 14.1. The van der Waals surface area contributed by atoms with Crippen LogP contribution in [0.3, 0.4) is 0 Å². The Morgan fingerprint density at radius 3 is 1.08 bits per heavy atom. The first-order valence-corrected chi connectivity index (χ1v) is 10.9. The second kappa shape index (κ2) is 7.68. The zero-order valence-electron chi connectivity index (χ0n) is 10.9. The quantitative estimate of drug-likeness (QED) is 0.322. The Balaban J connectivity index is -0.0000000891. The van der Waals surface area contributed by atoms with E-state index in [0.717, 1.165) is 0 Å². The second-order valence-electron chi connectivity index (χ2n) is 4.74.